The number of hydrogen-bond donors (Lipinski definition) is 1. The van der Waals surface area contributed by atoms with Crippen molar-refractivity contribution >= 4 is 40.0 Å². The quantitative estimate of drug-likeness (QED) is 0.260. The molecule has 130 valence electrons. The molecule has 0 saturated heterocycles. The van der Waals surface area contributed by atoms with Crippen LogP contribution in [0.4, 0.5) is 0 Å². The number of hydrogen-bond acceptors (Lipinski definition) is 2. The largest absolute Gasteiger partial charge is 0.326 e. The van der Waals surface area contributed by atoms with E-state index >= 15 is 0 Å². The molecule has 0 amide bonds. The standard InChI is InChI=1S/C22H18INO2/c1-14-12-15(2)24-22(26)20(14)21(25)19(17-6-4-3-5-7-17)13-16-8-10-18(23)11-9-16/h3-13H,1-2H3,(H,24,26). The van der Waals surface area contributed by atoms with Crippen LogP contribution in [0.2, 0.25) is 0 Å². The second kappa shape index (κ2) is 7.83. The molecule has 3 nitrogen and oxygen atoms in total. The van der Waals surface area contributed by atoms with E-state index in [1.807, 2.05) is 73.7 Å². The first-order chi connectivity index (χ1) is 12.5. The Morgan fingerprint density at radius 3 is 2.27 bits per heavy atom. The van der Waals surface area contributed by atoms with E-state index in [0.29, 0.717) is 11.1 Å². The van der Waals surface area contributed by atoms with Gasteiger partial charge in [-0.15, -0.1) is 0 Å². The first-order valence-corrected chi connectivity index (χ1v) is 9.31. The van der Waals surface area contributed by atoms with Crippen molar-refractivity contribution in [3.63, 3.8) is 0 Å². The van der Waals surface area contributed by atoms with Gasteiger partial charge in [0, 0.05) is 14.8 Å². The van der Waals surface area contributed by atoms with Crippen LogP contribution in [-0.2, 0) is 0 Å². The van der Waals surface area contributed by atoms with Crippen molar-refractivity contribution in [2.75, 3.05) is 0 Å². The number of carbonyl (C=O) groups excluding carboxylic acids is 1. The predicted octanol–water partition coefficient (Wildman–Crippen LogP) is 5.02. The Kier molecular flexibility index (Phi) is 5.52. The highest BCUT2D eigenvalue weighted by atomic mass is 127. The van der Waals surface area contributed by atoms with Gasteiger partial charge in [0.05, 0.1) is 5.56 Å². The Bertz CT molecular complexity index is 1030. The minimum absolute atomic E-state index is 0.191. The van der Waals surface area contributed by atoms with Crippen LogP contribution in [0.15, 0.2) is 65.5 Å². The summed E-state index contributed by atoms with van der Waals surface area (Å²) in [6.45, 7) is 3.60. The molecule has 0 fully saturated rings. The number of carbonyl (C=O) groups is 1. The summed E-state index contributed by atoms with van der Waals surface area (Å²) in [5, 5.41) is 0. The summed E-state index contributed by atoms with van der Waals surface area (Å²) < 4.78 is 1.12. The molecule has 0 aliphatic heterocycles. The Morgan fingerprint density at radius 2 is 1.65 bits per heavy atom. The van der Waals surface area contributed by atoms with Crippen molar-refractivity contribution in [1.82, 2.24) is 4.98 Å². The molecule has 0 spiro atoms. The first kappa shape index (κ1) is 18.3. The van der Waals surface area contributed by atoms with Gasteiger partial charge in [-0.2, -0.15) is 0 Å². The van der Waals surface area contributed by atoms with Crippen molar-refractivity contribution in [3.8, 4) is 0 Å². The van der Waals surface area contributed by atoms with Gasteiger partial charge in [0.15, 0.2) is 5.78 Å². The molecule has 3 aromatic rings. The Morgan fingerprint density at radius 1 is 1.00 bits per heavy atom. The molecule has 0 aliphatic rings. The fourth-order valence-corrected chi connectivity index (χ4v) is 3.25. The number of ketones is 1. The lowest BCUT2D eigenvalue weighted by atomic mass is 9.93. The van der Waals surface area contributed by atoms with E-state index in [2.05, 4.69) is 27.6 Å². The molecular weight excluding hydrogens is 437 g/mol. The average Bonchev–Trinajstić information content (AvgIpc) is 2.61. The van der Waals surface area contributed by atoms with Crippen LogP contribution in [0.5, 0.6) is 0 Å². The van der Waals surface area contributed by atoms with Gasteiger partial charge in [-0.25, -0.2) is 0 Å². The maximum absolute atomic E-state index is 13.3. The van der Waals surface area contributed by atoms with Gasteiger partial charge in [0.1, 0.15) is 0 Å². The lowest BCUT2D eigenvalue weighted by Crippen LogP contribution is -2.21. The Hall–Kier alpha value is -2.47. The molecule has 0 aliphatic carbocycles. The number of aryl methyl sites for hydroxylation is 2. The SMILES string of the molecule is Cc1cc(C)c(C(=O)C(=Cc2ccc(I)cc2)c2ccccc2)c(=O)[nH]1. The third-order valence-corrected chi connectivity index (χ3v) is 4.82. The molecule has 0 atom stereocenters. The number of benzene rings is 2. The molecule has 0 bridgehead atoms. The maximum Gasteiger partial charge on any atom is 0.259 e. The van der Waals surface area contributed by atoms with Gasteiger partial charge in [0.2, 0.25) is 0 Å². The molecule has 0 radical (unpaired) electrons. The monoisotopic (exact) mass is 455 g/mol. The molecular formula is C22H18INO2. The van der Waals surface area contributed by atoms with E-state index < -0.39 is 0 Å². The van der Waals surface area contributed by atoms with Crippen molar-refractivity contribution in [3.05, 3.63) is 103 Å². The number of pyridine rings is 1. The zero-order valence-electron chi connectivity index (χ0n) is 14.5. The molecule has 2 aromatic carbocycles. The number of H-pyrrole nitrogens is 1. The van der Waals surface area contributed by atoms with Crippen LogP contribution < -0.4 is 5.56 Å². The van der Waals surface area contributed by atoms with E-state index in [4.69, 9.17) is 0 Å². The molecule has 4 heteroatoms. The summed E-state index contributed by atoms with van der Waals surface area (Å²) in [5.74, 6) is -0.270. The van der Waals surface area contributed by atoms with Gasteiger partial charge in [-0.05, 0) is 77.4 Å². The summed E-state index contributed by atoms with van der Waals surface area (Å²) >= 11 is 2.24. The fraction of sp³-hybridized carbons (Fsp3) is 0.0909. The first-order valence-electron chi connectivity index (χ1n) is 8.23. The van der Waals surface area contributed by atoms with Crippen LogP contribution in [0.1, 0.15) is 32.7 Å². The number of rotatable bonds is 4. The van der Waals surface area contributed by atoms with Gasteiger partial charge < -0.3 is 4.98 Å². The van der Waals surface area contributed by atoms with Gasteiger partial charge in [-0.1, -0.05) is 42.5 Å². The highest BCUT2D eigenvalue weighted by Crippen LogP contribution is 2.23. The molecule has 0 saturated carbocycles. The van der Waals surface area contributed by atoms with Crippen molar-refractivity contribution in [1.29, 1.82) is 0 Å². The summed E-state index contributed by atoms with van der Waals surface area (Å²) in [5.41, 5.74) is 3.47. The van der Waals surface area contributed by atoms with E-state index in [9.17, 15) is 9.59 Å². The molecule has 0 unspecified atom stereocenters. The lowest BCUT2D eigenvalue weighted by molar-refractivity contribution is 0.105. The van der Waals surface area contributed by atoms with Crippen molar-refractivity contribution in [2.24, 2.45) is 0 Å². The zero-order chi connectivity index (χ0) is 18.7. The van der Waals surface area contributed by atoms with Crippen LogP contribution in [0.25, 0.3) is 11.6 Å². The molecule has 1 aromatic heterocycles. The minimum atomic E-state index is -0.350. The fourth-order valence-electron chi connectivity index (χ4n) is 2.89. The van der Waals surface area contributed by atoms with Crippen LogP contribution in [-0.4, -0.2) is 10.8 Å². The summed E-state index contributed by atoms with van der Waals surface area (Å²) in [6, 6.07) is 19.2. The highest BCUT2D eigenvalue weighted by Gasteiger charge is 2.20. The van der Waals surface area contributed by atoms with E-state index in [1.54, 1.807) is 6.92 Å². The zero-order valence-corrected chi connectivity index (χ0v) is 16.7. The van der Waals surface area contributed by atoms with Gasteiger partial charge in [0.25, 0.3) is 5.56 Å². The normalized spacial score (nSPS) is 11.4. The number of aromatic amines is 1. The second-order valence-corrected chi connectivity index (χ2v) is 7.39. The van der Waals surface area contributed by atoms with E-state index in [0.717, 1.165) is 20.4 Å². The second-order valence-electron chi connectivity index (χ2n) is 6.14. The summed E-state index contributed by atoms with van der Waals surface area (Å²) in [4.78, 5) is 28.4. The molecule has 26 heavy (non-hydrogen) atoms. The number of allylic oxidation sites excluding steroid dienone is 1. The molecule has 1 heterocycles. The number of halogens is 1. The summed E-state index contributed by atoms with van der Waals surface area (Å²) in [6.07, 6.45) is 1.84. The topological polar surface area (TPSA) is 49.9 Å². The summed E-state index contributed by atoms with van der Waals surface area (Å²) in [7, 11) is 0. The number of Topliss-reactive ketones (excluding diaryl/α,β-unsaturated/α-hetero) is 1. The molecule has 1 N–H and O–H groups in total. The Labute approximate surface area is 165 Å². The Balaban J connectivity index is 2.17. The molecule has 3 rings (SSSR count). The van der Waals surface area contributed by atoms with Crippen LogP contribution in [0.3, 0.4) is 0 Å². The van der Waals surface area contributed by atoms with Crippen molar-refractivity contribution in [2.45, 2.75) is 13.8 Å². The van der Waals surface area contributed by atoms with Gasteiger partial charge in [-0.3, -0.25) is 9.59 Å². The minimum Gasteiger partial charge on any atom is -0.326 e. The van der Waals surface area contributed by atoms with Crippen LogP contribution >= 0.6 is 22.6 Å². The van der Waals surface area contributed by atoms with Gasteiger partial charge >= 0.3 is 0 Å². The third kappa shape index (κ3) is 4.02. The smallest absolute Gasteiger partial charge is 0.259 e. The van der Waals surface area contributed by atoms with Crippen LogP contribution in [0, 0.1) is 17.4 Å². The third-order valence-electron chi connectivity index (χ3n) is 4.10. The number of aromatic nitrogens is 1. The lowest BCUT2D eigenvalue weighted by Gasteiger charge is -2.10. The van der Waals surface area contributed by atoms with E-state index in [1.165, 1.54) is 0 Å². The average molecular weight is 455 g/mol. The highest BCUT2D eigenvalue weighted by molar-refractivity contribution is 14.1. The number of nitrogens with one attached hydrogen (secondary N) is 1. The van der Waals surface area contributed by atoms with Crippen molar-refractivity contribution < 1.29 is 4.79 Å². The van der Waals surface area contributed by atoms with E-state index in [-0.39, 0.29) is 16.9 Å². The maximum atomic E-state index is 13.3. The predicted molar refractivity (Wildman–Crippen MR) is 114 cm³/mol.